The van der Waals surface area contributed by atoms with E-state index in [1.165, 1.54) is 0 Å². The molecule has 0 saturated heterocycles. The van der Waals surface area contributed by atoms with Crippen LogP contribution in [0.15, 0.2) is 69.3 Å². The van der Waals surface area contributed by atoms with E-state index in [9.17, 15) is 14.7 Å². The van der Waals surface area contributed by atoms with E-state index in [-0.39, 0.29) is 5.56 Å². The van der Waals surface area contributed by atoms with Crippen LogP contribution in [0.2, 0.25) is 5.02 Å². The van der Waals surface area contributed by atoms with Crippen LogP contribution in [0.1, 0.15) is 5.56 Å². The summed E-state index contributed by atoms with van der Waals surface area (Å²) in [7, 11) is 0. The molecule has 25 heavy (non-hydrogen) atoms. The molecular weight excluding hydrogens is 344 g/mol. The number of aromatic nitrogens is 2. The zero-order chi connectivity index (χ0) is 17.8. The maximum atomic E-state index is 12.0. The second kappa shape index (κ2) is 7.06. The van der Waals surface area contributed by atoms with Gasteiger partial charge in [0.25, 0.3) is 5.56 Å². The van der Waals surface area contributed by atoms with E-state index in [0.717, 1.165) is 10.8 Å². The topological polar surface area (TPSA) is 99.5 Å². The van der Waals surface area contributed by atoms with Gasteiger partial charge in [-0.2, -0.15) is 5.10 Å². The molecule has 1 heterocycles. The number of nitrogens with one attached hydrogen (secondary N) is 2. The highest BCUT2D eigenvalue weighted by atomic mass is 35.5. The number of nitrogens with zero attached hydrogens (tertiary/aromatic N) is 2. The predicted octanol–water partition coefficient (Wildman–Crippen LogP) is 2.33. The number of anilines is 1. The van der Waals surface area contributed by atoms with E-state index in [2.05, 4.69) is 15.5 Å². The Kier molecular flexibility index (Phi) is 4.67. The van der Waals surface area contributed by atoms with Crippen LogP contribution in [-0.2, 0) is 0 Å². The lowest BCUT2D eigenvalue weighted by atomic mass is 10.3. The maximum Gasteiger partial charge on any atom is 0.335 e. The highest BCUT2D eigenvalue weighted by Gasteiger charge is 2.13. The van der Waals surface area contributed by atoms with Crippen LogP contribution >= 0.6 is 11.6 Å². The molecule has 8 heteroatoms. The summed E-state index contributed by atoms with van der Waals surface area (Å²) < 4.78 is 0.991. The van der Waals surface area contributed by atoms with Crippen molar-refractivity contribution in [1.29, 1.82) is 0 Å². The molecule has 0 unspecified atom stereocenters. The standard InChI is InChI=1S/C17H13ClN4O3/c18-11-6-8-12(9-7-11)21-19-10-14-15(23)20-17(25)22(16(14)24)13-4-2-1-3-5-13/h1-10,21,24H,(H,20,23,25). The van der Waals surface area contributed by atoms with E-state index < -0.39 is 17.1 Å². The number of H-pyrrole nitrogens is 1. The molecule has 0 saturated carbocycles. The summed E-state index contributed by atoms with van der Waals surface area (Å²) in [6, 6.07) is 15.2. The highest BCUT2D eigenvalue weighted by Crippen LogP contribution is 2.15. The lowest BCUT2D eigenvalue weighted by molar-refractivity contribution is 0.430. The molecule has 0 amide bonds. The van der Waals surface area contributed by atoms with Crippen molar-refractivity contribution in [2.75, 3.05) is 5.43 Å². The number of benzene rings is 2. The molecule has 0 radical (unpaired) electrons. The fourth-order valence-electron chi connectivity index (χ4n) is 2.17. The Balaban J connectivity index is 1.96. The normalized spacial score (nSPS) is 10.9. The summed E-state index contributed by atoms with van der Waals surface area (Å²) in [4.78, 5) is 26.1. The monoisotopic (exact) mass is 356 g/mol. The van der Waals surface area contributed by atoms with Gasteiger partial charge < -0.3 is 5.11 Å². The van der Waals surface area contributed by atoms with Crippen molar-refractivity contribution in [3.05, 3.63) is 86.0 Å². The number of para-hydroxylation sites is 1. The third-order valence-corrected chi connectivity index (χ3v) is 3.62. The SMILES string of the molecule is O=c1[nH]c(=O)n(-c2ccccc2)c(O)c1C=NNc1ccc(Cl)cc1. The van der Waals surface area contributed by atoms with E-state index >= 15 is 0 Å². The average molecular weight is 357 g/mol. The largest absolute Gasteiger partial charge is 0.493 e. The summed E-state index contributed by atoms with van der Waals surface area (Å²) in [6.07, 6.45) is 1.14. The molecule has 2 aromatic carbocycles. The molecule has 3 N–H and O–H groups in total. The second-order valence-electron chi connectivity index (χ2n) is 5.04. The zero-order valence-corrected chi connectivity index (χ0v) is 13.6. The van der Waals surface area contributed by atoms with Crippen molar-refractivity contribution >= 4 is 23.5 Å². The van der Waals surface area contributed by atoms with Gasteiger partial charge in [-0.3, -0.25) is 15.2 Å². The molecule has 3 aromatic rings. The summed E-state index contributed by atoms with van der Waals surface area (Å²) >= 11 is 5.80. The van der Waals surface area contributed by atoms with Crippen LogP contribution in [0.25, 0.3) is 5.69 Å². The molecule has 0 bridgehead atoms. The van der Waals surface area contributed by atoms with Gasteiger partial charge in [0.1, 0.15) is 5.56 Å². The van der Waals surface area contributed by atoms with Gasteiger partial charge >= 0.3 is 5.69 Å². The molecule has 7 nitrogen and oxygen atoms in total. The molecule has 0 aliphatic heterocycles. The lowest BCUT2D eigenvalue weighted by Gasteiger charge is -2.09. The zero-order valence-electron chi connectivity index (χ0n) is 12.8. The number of aromatic amines is 1. The second-order valence-corrected chi connectivity index (χ2v) is 5.48. The lowest BCUT2D eigenvalue weighted by Crippen LogP contribution is -2.31. The summed E-state index contributed by atoms with van der Waals surface area (Å²) in [5, 5.41) is 14.8. The maximum absolute atomic E-state index is 12.0. The number of hydrogen-bond donors (Lipinski definition) is 3. The minimum absolute atomic E-state index is 0.148. The van der Waals surface area contributed by atoms with E-state index in [1.54, 1.807) is 54.6 Å². The van der Waals surface area contributed by atoms with Crippen molar-refractivity contribution in [3.63, 3.8) is 0 Å². The van der Waals surface area contributed by atoms with Gasteiger partial charge in [0.15, 0.2) is 0 Å². The third-order valence-electron chi connectivity index (χ3n) is 3.37. The Labute approximate surface area is 146 Å². The summed E-state index contributed by atoms with van der Waals surface area (Å²) in [6.45, 7) is 0. The van der Waals surface area contributed by atoms with Crippen LogP contribution in [0.5, 0.6) is 5.88 Å². The molecule has 126 valence electrons. The van der Waals surface area contributed by atoms with Gasteiger partial charge in [-0.25, -0.2) is 9.36 Å². The minimum atomic E-state index is -0.740. The molecule has 0 atom stereocenters. The van der Waals surface area contributed by atoms with Crippen molar-refractivity contribution in [2.24, 2.45) is 5.10 Å². The molecule has 0 fully saturated rings. The number of halogens is 1. The first-order valence-corrected chi connectivity index (χ1v) is 7.62. The van der Waals surface area contributed by atoms with Gasteiger partial charge in [0, 0.05) is 5.02 Å². The average Bonchev–Trinajstić information content (AvgIpc) is 2.60. The quantitative estimate of drug-likeness (QED) is 0.493. The van der Waals surface area contributed by atoms with Crippen molar-refractivity contribution < 1.29 is 5.11 Å². The fourth-order valence-corrected chi connectivity index (χ4v) is 2.29. The van der Waals surface area contributed by atoms with Crippen molar-refractivity contribution in [3.8, 4) is 11.6 Å². The van der Waals surface area contributed by atoms with Crippen molar-refractivity contribution in [2.45, 2.75) is 0 Å². The minimum Gasteiger partial charge on any atom is -0.493 e. The number of rotatable bonds is 4. The van der Waals surface area contributed by atoms with Crippen molar-refractivity contribution in [1.82, 2.24) is 9.55 Å². The summed E-state index contributed by atoms with van der Waals surface area (Å²) in [5.74, 6) is -0.499. The predicted molar refractivity (Wildman–Crippen MR) is 97.0 cm³/mol. The molecule has 1 aromatic heterocycles. The van der Waals surface area contributed by atoms with Crippen LogP contribution in [0.4, 0.5) is 5.69 Å². The van der Waals surface area contributed by atoms with Crippen LogP contribution in [0.3, 0.4) is 0 Å². The van der Waals surface area contributed by atoms with E-state index in [1.807, 2.05) is 0 Å². The van der Waals surface area contributed by atoms with Gasteiger partial charge in [0.2, 0.25) is 5.88 Å². The van der Waals surface area contributed by atoms with Crippen LogP contribution in [-0.4, -0.2) is 20.9 Å². The first-order chi connectivity index (χ1) is 12.1. The first kappa shape index (κ1) is 16.5. The Morgan fingerprint density at radius 1 is 1.08 bits per heavy atom. The third kappa shape index (κ3) is 3.61. The smallest absolute Gasteiger partial charge is 0.335 e. The molecule has 3 rings (SSSR count). The van der Waals surface area contributed by atoms with Gasteiger partial charge in [-0.1, -0.05) is 29.8 Å². The molecule has 0 aliphatic rings. The van der Waals surface area contributed by atoms with Crippen LogP contribution in [0, 0.1) is 0 Å². The Bertz CT molecular complexity index is 1020. The molecule has 0 spiro atoms. The summed E-state index contributed by atoms with van der Waals surface area (Å²) in [5.41, 5.74) is 2.15. The van der Waals surface area contributed by atoms with Gasteiger partial charge in [0.05, 0.1) is 17.6 Å². The van der Waals surface area contributed by atoms with E-state index in [4.69, 9.17) is 11.6 Å². The van der Waals surface area contributed by atoms with Crippen LogP contribution < -0.4 is 16.7 Å². The Morgan fingerprint density at radius 2 is 1.76 bits per heavy atom. The molecule has 0 aliphatic carbocycles. The number of hydrogen-bond acceptors (Lipinski definition) is 5. The highest BCUT2D eigenvalue weighted by molar-refractivity contribution is 6.30. The van der Waals surface area contributed by atoms with Gasteiger partial charge in [-0.15, -0.1) is 0 Å². The number of hydrazone groups is 1. The number of aromatic hydroxyl groups is 1. The molecular formula is C17H13ClN4O3. The fraction of sp³-hybridized carbons (Fsp3) is 0. The van der Waals surface area contributed by atoms with Gasteiger partial charge in [-0.05, 0) is 36.4 Å². The Hall–Kier alpha value is -3.32. The first-order valence-electron chi connectivity index (χ1n) is 7.24. The van der Waals surface area contributed by atoms with E-state index in [0.29, 0.717) is 16.4 Å². The Morgan fingerprint density at radius 3 is 2.44 bits per heavy atom.